The maximum atomic E-state index is 14.1. The number of benzene rings is 1. The average Bonchev–Trinajstić information content (AvgIpc) is 2.79. The molecule has 0 saturated carbocycles. The summed E-state index contributed by atoms with van der Waals surface area (Å²) < 4.78 is 19.3. The topological polar surface area (TPSA) is 99.1 Å². The fourth-order valence-electron chi connectivity index (χ4n) is 2.21. The average molecular weight is 340 g/mol. The number of β-amino-alcohol motifs (C(OH)–C–C–N with tert-alkyl or cyclic N) is 2. The fourth-order valence-corrected chi connectivity index (χ4v) is 2.21. The zero-order valence-corrected chi connectivity index (χ0v) is 13.7. The highest BCUT2D eigenvalue weighted by Crippen LogP contribution is 2.20. The van der Waals surface area contributed by atoms with E-state index in [1.807, 2.05) is 0 Å². The molecule has 1 fully saturated rings. The number of carbonyl (C=O) groups is 2. The summed E-state index contributed by atoms with van der Waals surface area (Å²) in [5.41, 5.74) is -0.770. The monoisotopic (exact) mass is 340 g/mol. The lowest BCUT2D eigenvalue weighted by atomic mass is 10.1. The summed E-state index contributed by atoms with van der Waals surface area (Å²) in [7, 11) is 0. The maximum Gasteiger partial charge on any atom is 0.338 e. The predicted octanol–water partition coefficient (Wildman–Crippen LogP) is 1.35. The summed E-state index contributed by atoms with van der Waals surface area (Å²) in [5, 5.41) is 21.2. The SMILES string of the molecule is CC(C)(C)OC(=O)c1ccc(NC(=O)N2CC(O)C(O)C2)c(F)c1. The number of nitrogens with zero attached hydrogens (tertiary/aromatic N) is 1. The molecule has 0 aliphatic carbocycles. The first-order valence-corrected chi connectivity index (χ1v) is 7.52. The Morgan fingerprint density at radius 2 is 1.83 bits per heavy atom. The lowest BCUT2D eigenvalue weighted by Gasteiger charge is -2.20. The van der Waals surface area contributed by atoms with Crippen LogP contribution in [0.15, 0.2) is 18.2 Å². The normalized spacial score (nSPS) is 20.8. The van der Waals surface area contributed by atoms with Crippen molar-refractivity contribution in [1.29, 1.82) is 0 Å². The Bertz CT molecular complexity index is 634. The summed E-state index contributed by atoms with van der Waals surface area (Å²) in [6, 6.07) is 2.95. The number of esters is 1. The van der Waals surface area contributed by atoms with Gasteiger partial charge in [0.05, 0.1) is 36.5 Å². The molecule has 0 spiro atoms. The predicted molar refractivity (Wildman–Crippen MR) is 84.2 cm³/mol. The van der Waals surface area contributed by atoms with E-state index in [9.17, 15) is 24.2 Å². The molecule has 1 heterocycles. The molecule has 2 amide bonds. The zero-order chi connectivity index (χ0) is 18.1. The number of likely N-dealkylation sites (tertiary alicyclic amines) is 1. The fraction of sp³-hybridized carbons (Fsp3) is 0.500. The van der Waals surface area contributed by atoms with Crippen LogP contribution in [0.4, 0.5) is 14.9 Å². The second-order valence-corrected chi connectivity index (χ2v) is 6.67. The third-order valence-corrected chi connectivity index (χ3v) is 3.39. The van der Waals surface area contributed by atoms with Crippen LogP contribution in [0.2, 0.25) is 0 Å². The molecule has 2 unspecified atom stereocenters. The van der Waals surface area contributed by atoms with Crippen LogP contribution in [0, 0.1) is 5.82 Å². The number of nitrogens with one attached hydrogen (secondary N) is 1. The summed E-state index contributed by atoms with van der Waals surface area (Å²) in [4.78, 5) is 25.1. The van der Waals surface area contributed by atoms with Crippen LogP contribution in [0.5, 0.6) is 0 Å². The highest BCUT2D eigenvalue weighted by Gasteiger charge is 2.32. The minimum absolute atomic E-state index is 0.0347. The number of halogens is 1. The van der Waals surface area contributed by atoms with E-state index < -0.39 is 35.6 Å². The molecule has 8 heteroatoms. The van der Waals surface area contributed by atoms with Crippen LogP contribution in [0.3, 0.4) is 0 Å². The Hall–Kier alpha value is -2.19. The van der Waals surface area contributed by atoms with Gasteiger partial charge in [0.2, 0.25) is 0 Å². The minimum atomic E-state index is -1.02. The van der Waals surface area contributed by atoms with E-state index in [0.29, 0.717) is 0 Å². The van der Waals surface area contributed by atoms with Gasteiger partial charge in [0.25, 0.3) is 0 Å². The van der Waals surface area contributed by atoms with Gasteiger partial charge in [-0.25, -0.2) is 14.0 Å². The summed E-state index contributed by atoms with van der Waals surface area (Å²) >= 11 is 0. The zero-order valence-electron chi connectivity index (χ0n) is 13.7. The number of hydrogen-bond donors (Lipinski definition) is 3. The molecule has 0 radical (unpaired) electrons. The van der Waals surface area contributed by atoms with E-state index in [2.05, 4.69) is 5.32 Å². The molecule has 1 aromatic rings. The van der Waals surface area contributed by atoms with Gasteiger partial charge in [-0.3, -0.25) is 0 Å². The first-order valence-electron chi connectivity index (χ1n) is 7.52. The van der Waals surface area contributed by atoms with Crippen molar-refractivity contribution in [3.63, 3.8) is 0 Å². The first-order chi connectivity index (χ1) is 11.1. The minimum Gasteiger partial charge on any atom is -0.456 e. The third kappa shape index (κ3) is 4.42. The molecule has 132 valence electrons. The molecular formula is C16H21FN2O5. The molecule has 3 N–H and O–H groups in total. The highest BCUT2D eigenvalue weighted by molar-refractivity contribution is 5.92. The number of ether oxygens (including phenoxy) is 1. The Labute approximate surface area is 139 Å². The van der Waals surface area contributed by atoms with E-state index in [4.69, 9.17) is 4.74 Å². The van der Waals surface area contributed by atoms with E-state index >= 15 is 0 Å². The third-order valence-electron chi connectivity index (χ3n) is 3.39. The van der Waals surface area contributed by atoms with Gasteiger partial charge in [0, 0.05) is 0 Å². The summed E-state index contributed by atoms with van der Waals surface area (Å²) in [5.74, 6) is -1.45. The number of hydrogen-bond acceptors (Lipinski definition) is 5. The molecule has 0 aromatic heterocycles. The number of rotatable bonds is 2. The number of amides is 2. The van der Waals surface area contributed by atoms with Crippen LogP contribution >= 0.6 is 0 Å². The van der Waals surface area contributed by atoms with Gasteiger partial charge in [0.1, 0.15) is 11.4 Å². The molecular weight excluding hydrogens is 319 g/mol. The van der Waals surface area contributed by atoms with Crippen LogP contribution in [-0.2, 0) is 4.74 Å². The van der Waals surface area contributed by atoms with Gasteiger partial charge in [-0.05, 0) is 39.0 Å². The van der Waals surface area contributed by atoms with E-state index in [1.54, 1.807) is 20.8 Å². The number of anilines is 1. The van der Waals surface area contributed by atoms with Gasteiger partial charge < -0.3 is 25.2 Å². The van der Waals surface area contributed by atoms with Crippen molar-refractivity contribution in [3.8, 4) is 0 Å². The standard InChI is InChI=1S/C16H21FN2O5/c1-16(2,3)24-14(22)9-4-5-11(10(17)6-9)18-15(23)19-7-12(20)13(21)8-19/h4-6,12-13,20-21H,7-8H2,1-3H3,(H,18,23). The molecule has 0 bridgehead atoms. The lowest BCUT2D eigenvalue weighted by molar-refractivity contribution is 0.00690. The molecule has 1 aliphatic heterocycles. The number of carbonyl (C=O) groups excluding carboxylic acids is 2. The van der Waals surface area contributed by atoms with E-state index in [-0.39, 0.29) is 24.3 Å². The number of aliphatic hydroxyl groups is 2. The molecule has 1 aromatic carbocycles. The van der Waals surface area contributed by atoms with Crippen molar-refractivity contribution in [1.82, 2.24) is 4.90 Å². The largest absolute Gasteiger partial charge is 0.456 e. The van der Waals surface area contributed by atoms with Crippen molar-refractivity contribution in [2.75, 3.05) is 18.4 Å². The Balaban J connectivity index is 2.05. The van der Waals surface area contributed by atoms with Crippen molar-refractivity contribution in [2.45, 2.75) is 38.6 Å². The number of aliphatic hydroxyl groups excluding tert-OH is 2. The molecule has 2 rings (SSSR count). The van der Waals surface area contributed by atoms with Gasteiger partial charge in [-0.2, -0.15) is 0 Å². The Morgan fingerprint density at radius 1 is 1.25 bits per heavy atom. The second kappa shape index (κ2) is 6.74. The smallest absolute Gasteiger partial charge is 0.338 e. The number of urea groups is 1. The highest BCUT2D eigenvalue weighted by atomic mass is 19.1. The molecule has 24 heavy (non-hydrogen) atoms. The van der Waals surface area contributed by atoms with Crippen LogP contribution < -0.4 is 5.32 Å². The van der Waals surface area contributed by atoms with Crippen molar-refractivity contribution in [2.24, 2.45) is 0 Å². The molecule has 1 aliphatic rings. The molecule has 7 nitrogen and oxygen atoms in total. The Morgan fingerprint density at radius 3 is 2.33 bits per heavy atom. The van der Waals surface area contributed by atoms with Crippen molar-refractivity contribution < 1.29 is 28.9 Å². The van der Waals surface area contributed by atoms with E-state index in [1.165, 1.54) is 17.0 Å². The van der Waals surface area contributed by atoms with E-state index in [0.717, 1.165) is 6.07 Å². The molecule has 2 atom stereocenters. The van der Waals surface area contributed by atoms with Crippen molar-refractivity contribution >= 4 is 17.7 Å². The molecule has 1 saturated heterocycles. The van der Waals surface area contributed by atoms with Crippen LogP contribution in [-0.4, -0.2) is 58.0 Å². The summed E-state index contributed by atoms with van der Waals surface area (Å²) in [6.07, 6.45) is -2.04. The quantitative estimate of drug-likeness (QED) is 0.706. The van der Waals surface area contributed by atoms with Gasteiger partial charge in [0.15, 0.2) is 0 Å². The van der Waals surface area contributed by atoms with Gasteiger partial charge >= 0.3 is 12.0 Å². The first kappa shape index (κ1) is 18.2. The van der Waals surface area contributed by atoms with Gasteiger partial charge in [-0.1, -0.05) is 0 Å². The van der Waals surface area contributed by atoms with Crippen LogP contribution in [0.1, 0.15) is 31.1 Å². The second-order valence-electron chi connectivity index (χ2n) is 6.67. The van der Waals surface area contributed by atoms with Crippen LogP contribution in [0.25, 0.3) is 0 Å². The van der Waals surface area contributed by atoms with Crippen molar-refractivity contribution in [3.05, 3.63) is 29.6 Å². The maximum absolute atomic E-state index is 14.1. The Kier molecular flexibility index (Phi) is 5.10. The lowest BCUT2D eigenvalue weighted by Crippen LogP contribution is -2.34. The van der Waals surface area contributed by atoms with Gasteiger partial charge in [-0.15, -0.1) is 0 Å². The summed E-state index contributed by atoms with van der Waals surface area (Å²) in [6.45, 7) is 5.04.